The summed E-state index contributed by atoms with van der Waals surface area (Å²) in [5.41, 5.74) is 6.76. The van der Waals surface area contributed by atoms with Crippen LogP contribution in [-0.4, -0.2) is 49.5 Å². The lowest BCUT2D eigenvalue weighted by molar-refractivity contribution is 0.0997. The van der Waals surface area contributed by atoms with Gasteiger partial charge in [0, 0.05) is 31.4 Å². The highest BCUT2D eigenvalue weighted by molar-refractivity contribution is 7.91. The average molecular weight is 534 g/mol. The van der Waals surface area contributed by atoms with Crippen molar-refractivity contribution in [3.8, 4) is 0 Å². The fraction of sp³-hybridized carbons (Fsp3) is 0.414. The minimum absolute atomic E-state index is 0.0782. The highest BCUT2D eigenvalue weighted by atomic mass is 32.2. The van der Waals surface area contributed by atoms with Crippen molar-refractivity contribution in [1.29, 1.82) is 0 Å². The molecule has 2 aromatic heterocycles. The van der Waals surface area contributed by atoms with Gasteiger partial charge in [0.2, 0.25) is 9.84 Å². The maximum Gasteiger partial charge on any atom is 0.253 e. The number of pyridine rings is 2. The van der Waals surface area contributed by atoms with Gasteiger partial charge in [-0.05, 0) is 68.7 Å². The van der Waals surface area contributed by atoms with Crippen LogP contribution < -0.4 is 15.5 Å². The van der Waals surface area contributed by atoms with Crippen LogP contribution in [0, 0.1) is 5.92 Å². The molecule has 9 heteroatoms. The summed E-state index contributed by atoms with van der Waals surface area (Å²) in [5.74, 6) is 0.956. The normalized spacial score (nSPS) is 20.0. The number of carbonyl (C=O) groups is 1. The van der Waals surface area contributed by atoms with Crippen LogP contribution in [0.5, 0.6) is 0 Å². The predicted molar refractivity (Wildman–Crippen MR) is 148 cm³/mol. The first-order chi connectivity index (χ1) is 18.1. The minimum Gasteiger partial charge on any atom is -0.365 e. The number of sulfone groups is 1. The summed E-state index contributed by atoms with van der Waals surface area (Å²) in [6, 6.07) is 16.8. The second kappa shape index (κ2) is 10.0. The molecular weight excluding hydrogens is 498 g/mol. The van der Waals surface area contributed by atoms with Gasteiger partial charge in [-0.25, -0.2) is 18.4 Å². The van der Waals surface area contributed by atoms with Gasteiger partial charge in [0.15, 0.2) is 5.03 Å². The maximum atomic E-state index is 13.9. The van der Waals surface area contributed by atoms with Gasteiger partial charge >= 0.3 is 0 Å². The fourth-order valence-electron chi connectivity index (χ4n) is 6.06. The van der Waals surface area contributed by atoms with Gasteiger partial charge in [-0.15, -0.1) is 0 Å². The molecule has 0 bridgehead atoms. The van der Waals surface area contributed by atoms with E-state index in [-0.39, 0.29) is 21.0 Å². The molecule has 0 saturated carbocycles. The van der Waals surface area contributed by atoms with Gasteiger partial charge in [-0.2, -0.15) is 0 Å². The van der Waals surface area contributed by atoms with E-state index in [0.717, 1.165) is 32.4 Å². The number of piperidine rings is 1. The standard InChI is InChI=1S/C29H35N5O3S/c1-20-18-29(2,3)34(19-20)28-26(27(30)35)23(12-15-31-28)38(36,37)25-11-7-10-24(32-25)33-16-13-22(14-17-33)21-8-5-4-6-9-21/h4-12,15,20,22H,13-14,16-19H2,1-3H3,(H2,30,35). The summed E-state index contributed by atoms with van der Waals surface area (Å²) in [6.07, 6.45) is 4.26. The van der Waals surface area contributed by atoms with Crippen molar-refractivity contribution in [3.05, 3.63) is 71.9 Å². The molecule has 0 spiro atoms. The van der Waals surface area contributed by atoms with Gasteiger partial charge in [-0.1, -0.05) is 43.3 Å². The molecule has 2 aliphatic heterocycles. The Kier molecular flexibility index (Phi) is 6.90. The van der Waals surface area contributed by atoms with Crippen molar-refractivity contribution in [2.45, 2.75) is 61.4 Å². The average Bonchev–Trinajstić information content (AvgIpc) is 3.20. The van der Waals surface area contributed by atoms with Gasteiger partial charge in [-0.3, -0.25) is 4.79 Å². The van der Waals surface area contributed by atoms with Crippen molar-refractivity contribution in [2.75, 3.05) is 29.4 Å². The molecule has 200 valence electrons. The number of nitrogens with two attached hydrogens (primary N) is 1. The second-order valence-electron chi connectivity index (χ2n) is 11.1. The van der Waals surface area contributed by atoms with Crippen LogP contribution in [0.15, 0.2) is 70.7 Å². The van der Waals surface area contributed by atoms with E-state index >= 15 is 0 Å². The first kappa shape index (κ1) is 26.2. The third-order valence-corrected chi connectivity index (χ3v) is 9.53. The van der Waals surface area contributed by atoms with Gasteiger partial charge in [0.05, 0.1) is 4.90 Å². The lowest BCUT2D eigenvalue weighted by atomic mass is 9.89. The number of rotatable bonds is 6. The fourth-order valence-corrected chi connectivity index (χ4v) is 7.46. The van der Waals surface area contributed by atoms with Crippen LogP contribution in [-0.2, 0) is 9.84 Å². The number of primary amides is 1. The number of carbonyl (C=O) groups excluding carboxylic acids is 1. The molecule has 4 heterocycles. The molecule has 5 rings (SSSR count). The molecule has 2 aliphatic rings. The van der Waals surface area contributed by atoms with E-state index < -0.39 is 15.7 Å². The monoisotopic (exact) mass is 533 g/mol. The largest absolute Gasteiger partial charge is 0.365 e. The molecule has 2 fully saturated rings. The summed E-state index contributed by atoms with van der Waals surface area (Å²) in [4.78, 5) is 25.7. The number of hydrogen-bond acceptors (Lipinski definition) is 7. The molecule has 2 saturated heterocycles. The minimum atomic E-state index is -4.14. The van der Waals surface area contributed by atoms with Crippen LogP contribution >= 0.6 is 0 Å². The molecule has 1 aromatic carbocycles. The van der Waals surface area contributed by atoms with E-state index in [2.05, 4.69) is 59.9 Å². The zero-order valence-electron chi connectivity index (χ0n) is 22.2. The number of benzene rings is 1. The summed E-state index contributed by atoms with van der Waals surface area (Å²) in [5, 5.41) is -0.103. The highest BCUT2D eigenvalue weighted by Gasteiger charge is 2.40. The van der Waals surface area contributed by atoms with Crippen molar-refractivity contribution in [3.63, 3.8) is 0 Å². The Morgan fingerprint density at radius 2 is 1.74 bits per heavy atom. The Hall–Kier alpha value is -3.46. The third-order valence-electron chi connectivity index (χ3n) is 7.83. The van der Waals surface area contributed by atoms with Gasteiger partial charge < -0.3 is 15.5 Å². The predicted octanol–water partition coefficient (Wildman–Crippen LogP) is 4.42. The Morgan fingerprint density at radius 3 is 2.37 bits per heavy atom. The van der Waals surface area contributed by atoms with Crippen LogP contribution in [0.2, 0.25) is 0 Å². The summed E-state index contributed by atoms with van der Waals surface area (Å²) < 4.78 is 27.8. The van der Waals surface area contributed by atoms with Crippen molar-refractivity contribution < 1.29 is 13.2 Å². The quantitative estimate of drug-likeness (QED) is 0.500. The highest BCUT2D eigenvalue weighted by Crippen LogP contribution is 2.39. The molecule has 1 unspecified atom stereocenters. The first-order valence-corrected chi connectivity index (χ1v) is 14.6. The van der Waals surface area contributed by atoms with Crippen molar-refractivity contribution >= 4 is 27.4 Å². The van der Waals surface area contributed by atoms with E-state index in [1.165, 1.54) is 23.9 Å². The molecular formula is C29H35N5O3S. The molecule has 1 amide bonds. The number of anilines is 2. The maximum absolute atomic E-state index is 13.9. The summed E-state index contributed by atoms with van der Waals surface area (Å²) in [6.45, 7) is 8.49. The molecule has 0 aliphatic carbocycles. The van der Waals surface area contributed by atoms with Gasteiger partial charge in [0.1, 0.15) is 17.2 Å². The van der Waals surface area contributed by atoms with Crippen molar-refractivity contribution in [1.82, 2.24) is 9.97 Å². The molecule has 38 heavy (non-hydrogen) atoms. The van der Waals surface area contributed by atoms with Crippen LogP contribution in [0.3, 0.4) is 0 Å². The Morgan fingerprint density at radius 1 is 1.03 bits per heavy atom. The number of amides is 1. The van der Waals surface area contributed by atoms with E-state index in [0.29, 0.717) is 30.0 Å². The number of nitrogens with zero attached hydrogens (tertiary/aromatic N) is 4. The second-order valence-corrected chi connectivity index (χ2v) is 13.0. The third kappa shape index (κ3) is 4.87. The lowest BCUT2D eigenvalue weighted by Crippen LogP contribution is -2.40. The van der Waals surface area contributed by atoms with Crippen LogP contribution in [0.1, 0.15) is 61.9 Å². The SMILES string of the molecule is CC1CN(c2nccc(S(=O)(=O)c3cccc(N4CCC(c5ccccc5)CC4)n3)c2C(N)=O)C(C)(C)C1. The van der Waals surface area contributed by atoms with Crippen molar-refractivity contribution in [2.24, 2.45) is 11.7 Å². The van der Waals surface area contributed by atoms with E-state index in [4.69, 9.17) is 5.73 Å². The zero-order chi connectivity index (χ0) is 27.1. The Bertz CT molecular complexity index is 1430. The summed E-state index contributed by atoms with van der Waals surface area (Å²) in [7, 11) is -4.14. The molecule has 8 nitrogen and oxygen atoms in total. The van der Waals surface area contributed by atoms with Crippen LogP contribution in [0.4, 0.5) is 11.6 Å². The number of hydrogen-bond donors (Lipinski definition) is 1. The topological polar surface area (TPSA) is 109 Å². The Labute approximate surface area is 224 Å². The number of aromatic nitrogens is 2. The molecule has 1 atom stereocenters. The Balaban J connectivity index is 1.45. The molecule has 3 aromatic rings. The summed E-state index contributed by atoms with van der Waals surface area (Å²) >= 11 is 0. The van der Waals surface area contributed by atoms with E-state index in [9.17, 15) is 13.2 Å². The first-order valence-electron chi connectivity index (χ1n) is 13.2. The molecule has 2 N–H and O–H groups in total. The smallest absolute Gasteiger partial charge is 0.253 e. The van der Waals surface area contributed by atoms with Crippen LogP contribution in [0.25, 0.3) is 0 Å². The zero-order valence-corrected chi connectivity index (χ0v) is 23.0. The molecule has 0 radical (unpaired) electrons. The lowest BCUT2D eigenvalue weighted by Gasteiger charge is -2.34. The van der Waals surface area contributed by atoms with E-state index in [1.807, 2.05) is 17.0 Å². The van der Waals surface area contributed by atoms with E-state index in [1.54, 1.807) is 6.07 Å². The van der Waals surface area contributed by atoms with Gasteiger partial charge in [0.25, 0.3) is 5.91 Å².